The van der Waals surface area contributed by atoms with Gasteiger partial charge in [-0.05, 0) is 48.2 Å². The lowest BCUT2D eigenvalue weighted by Crippen LogP contribution is -2.36. The van der Waals surface area contributed by atoms with E-state index in [0.717, 1.165) is 27.1 Å². The SMILES string of the molecule is Cc1sc(C(O)C2(C#N)CC3CCC2O3)cc1Br. The number of aryl methyl sites for hydroxylation is 1. The van der Waals surface area contributed by atoms with Gasteiger partial charge in [-0.15, -0.1) is 11.3 Å². The largest absolute Gasteiger partial charge is 0.386 e. The van der Waals surface area contributed by atoms with Crippen molar-refractivity contribution in [3.63, 3.8) is 0 Å². The summed E-state index contributed by atoms with van der Waals surface area (Å²) in [5.74, 6) is 0. The molecule has 2 aliphatic rings. The molecule has 3 rings (SSSR count). The Hall–Kier alpha value is -0.410. The van der Waals surface area contributed by atoms with Gasteiger partial charge in [-0.1, -0.05) is 0 Å². The summed E-state index contributed by atoms with van der Waals surface area (Å²) in [5.41, 5.74) is -0.750. The van der Waals surface area contributed by atoms with Gasteiger partial charge < -0.3 is 9.84 Å². The number of nitrogens with zero attached hydrogens (tertiary/aromatic N) is 1. The maximum atomic E-state index is 10.6. The highest BCUT2D eigenvalue weighted by Crippen LogP contribution is 2.54. The predicted octanol–water partition coefficient (Wildman–Crippen LogP) is 3.31. The molecular weight excluding hydrogens is 314 g/mol. The maximum absolute atomic E-state index is 10.6. The first-order chi connectivity index (χ1) is 8.56. The fraction of sp³-hybridized carbons (Fsp3) is 0.615. The van der Waals surface area contributed by atoms with E-state index in [0.29, 0.717) is 6.42 Å². The quantitative estimate of drug-likeness (QED) is 0.906. The molecule has 4 unspecified atom stereocenters. The zero-order chi connectivity index (χ0) is 12.9. The first kappa shape index (κ1) is 12.6. The number of halogens is 1. The summed E-state index contributed by atoms with van der Waals surface area (Å²) in [4.78, 5) is 1.98. The molecule has 2 saturated heterocycles. The number of aliphatic hydroxyl groups excluding tert-OH is 1. The van der Waals surface area contributed by atoms with E-state index in [2.05, 4.69) is 22.0 Å². The van der Waals surface area contributed by atoms with E-state index in [4.69, 9.17) is 4.74 Å². The second-order valence-electron chi connectivity index (χ2n) is 5.14. The minimum Gasteiger partial charge on any atom is -0.386 e. The number of nitriles is 1. The molecule has 0 saturated carbocycles. The molecule has 0 aromatic carbocycles. The lowest BCUT2D eigenvalue weighted by atomic mass is 9.71. The third-order valence-electron chi connectivity index (χ3n) is 4.09. The van der Waals surface area contributed by atoms with Crippen LogP contribution in [-0.2, 0) is 4.74 Å². The second-order valence-corrected chi connectivity index (χ2v) is 7.28. The number of ether oxygens (including phenoxy) is 1. The fourth-order valence-corrected chi connectivity index (χ4v) is 4.73. The van der Waals surface area contributed by atoms with Crippen molar-refractivity contribution in [2.45, 2.75) is 44.5 Å². The van der Waals surface area contributed by atoms with Gasteiger partial charge in [0.25, 0.3) is 0 Å². The van der Waals surface area contributed by atoms with Crippen LogP contribution < -0.4 is 0 Å². The number of rotatable bonds is 2. The molecule has 1 aromatic rings. The van der Waals surface area contributed by atoms with Crippen LogP contribution in [0.15, 0.2) is 10.5 Å². The van der Waals surface area contributed by atoms with Gasteiger partial charge in [0.2, 0.25) is 0 Å². The molecule has 0 spiro atoms. The van der Waals surface area contributed by atoms with Crippen LogP contribution in [0.25, 0.3) is 0 Å². The van der Waals surface area contributed by atoms with Gasteiger partial charge in [0.05, 0.1) is 18.3 Å². The van der Waals surface area contributed by atoms with E-state index in [-0.39, 0.29) is 12.2 Å². The van der Waals surface area contributed by atoms with E-state index in [1.54, 1.807) is 11.3 Å². The van der Waals surface area contributed by atoms with Crippen molar-refractivity contribution in [2.24, 2.45) is 5.41 Å². The molecule has 1 aromatic heterocycles. The van der Waals surface area contributed by atoms with Crippen LogP contribution >= 0.6 is 27.3 Å². The number of thiophene rings is 1. The monoisotopic (exact) mass is 327 g/mol. The van der Waals surface area contributed by atoms with Crippen LogP contribution in [0, 0.1) is 23.7 Å². The van der Waals surface area contributed by atoms with Crippen molar-refractivity contribution in [1.82, 2.24) is 0 Å². The number of hydrogen-bond donors (Lipinski definition) is 1. The normalized spacial score (nSPS) is 35.7. The van der Waals surface area contributed by atoms with Gasteiger partial charge in [-0.2, -0.15) is 5.26 Å². The van der Waals surface area contributed by atoms with Crippen molar-refractivity contribution < 1.29 is 9.84 Å². The van der Waals surface area contributed by atoms with Crippen LogP contribution in [0.1, 0.15) is 35.1 Å². The Kier molecular flexibility index (Phi) is 3.02. The van der Waals surface area contributed by atoms with Gasteiger partial charge in [-0.25, -0.2) is 0 Å². The Morgan fingerprint density at radius 3 is 2.89 bits per heavy atom. The number of aliphatic hydroxyl groups is 1. The molecular formula is C13H14BrNO2S. The van der Waals surface area contributed by atoms with Crippen LogP contribution in [0.2, 0.25) is 0 Å². The second kappa shape index (κ2) is 4.31. The van der Waals surface area contributed by atoms with Crippen molar-refractivity contribution >= 4 is 27.3 Å². The third kappa shape index (κ3) is 1.67. The summed E-state index contributed by atoms with van der Waals surface area (Å²) < 4.78 is 6.77. The van der Waals surface area contributed by atoms with E-state index < -0.39 is 11.5 Å². The molecule has 1 N–H and O–H groups in total. The zero-order valence-electron chi connectivity index (χ0n) is 10.0. The summed E-state index contributed by atoms with van der Waals surface area (Å²) in [6.45, 7) is 2.00. The number of fused-ring (bicyclic) bond motifs is 2. The first-order valence-electron chi connectivity index (χ1n) is 6.07. The van der Waals surface area contributed by atoms with Crippen molar-refractivity contribution in [2.75, 3.05) is 0 Å². The lowest BCUT2D eigenvalue weighted by molar-refractivity contribution is 0.00524. The Labute approximate surface area is 119 Å². The molecule has 0 radical (unpaired) electrons. The third-order valence-corrected chi connectivity index (χ3v) is 6.28. The van der Waals surface area contributed by atoms with Gasteiger partial charge in [0, 0.05) is 14.2 Å². The average molecular weight is 328 g/mol. The molecule has 0 aliphatic carbocycles. The summed E-state index contributed by atoms with van der Waals surface area (Å²) in [6, 6.07) is 4.28. The fourth-order valence-electron chi connectivity index (χ4n) is 3.08. The van der Waals surface area contributed by atoms with Crippen LogP contribution in [-0.4, -0.2) is 17.3 Å². The Morgan fingerprint density at radius 1 is 1.67 bits per heavy atom. The van der Waals surface area contributed by atoms with Crippen molar-refractivity contribution in [3.8, 4) is 6.07 Å². The van der Waals surface area contributed by atoms with Crippen molar-refractivity contribution in [3.05, 3.63) is 20.3 Å². The summed E-state index contributed by atoms with van der Waals surface area (Å²) in [6.07, 6.45) is 1.88. The molecule has 3 heterocycles. The van der Waals surface area contributed by atoms with Gasteiger partial charge in [0.1, 0.15) is 11.5 Å². The van der Waals surface area contributed by atoms with Gasteiger partial charge in [-0.3, -0.25) is 0 Å². The Bertz CT molecular complexity index is 504. The van der Waals surface area contributed by atoms with Crippen LogP contribution in [0.3, 0.4) is 0 Å². The number of hydrogen-bond acceptors (Lipinski definition) is 4. The molecule has 3 nitrogen and oxygen atoms in total. The average Bonchev–Trinajstić information content (AvgIpc) is 3.04. The minimum absolute atomic E-state index is 0.108. The predicted molar refractivity (Wildman–Crippen MR) is 72.3 cm³/mol. The Morgan fingerprint density at radius 2 is 2.44 bits per heavy atom. The summed E-state index contributed by atoms with van der Waals surface area (Å²) >= 11 is 5.01. The molecule has 0 amide bonds. The smallest absolute Gasteiger partial charge is 0.117 e. The minimum atomic E-state index is -0.750. The van der Waals surface area contributed by atoms with E-state index in [1.165, 1.54) is 0 Å². The molecule has 96 valence electrons. The van der Waals surface area contributed by atoms with E-state index in [1.807, 2.05) is 13.0 Å². The Balaban J connectivity index is 1.96. The highest BCUT2D eigenvalue weighted by atomic mass is 79.9. The van der Waals surface area contributed by atoms with E-state index >= 15 is 0 Å². The molecule has 2 bridgehead atoms. The summed E-state index contributed by atoms with van der Waals surface area (Å²) in [5, 5.41) is 20.2. The van der Waals surface area contributed by atoms with Gasteiger partial charge >= 0.3 is 0 Å². The maximum Gasteiger partial charge on any atom is 0.117 e. The lowest BCUT2D eigenvalue weighted by Gasteiger charge is -2.32. The zero-order valence-corrected chi connectivity index (χ0v) is 12.4. The highest BCUT2D eigenvalue weighted by Gasteiger charge is 2.57. The molecule has 2 aliphatic heterocycles. The molecule has 18 heavy (non-hydrogen) atoms. The molecule has 2 fully saturated rings. The highest BCUT2D eigenvalue weighted by molar-refractivity contribution is 9.10. The van der Waals surface area contributed by atoms with Crippen molar-refractivity contribution in [1.29, 1.82) is 5.26 Å². The van der Waals surface area contributed by atoms with E-state index in [9.17, 15) is 10.4 Å². The summed E-state index contributed by atoms with van der Waals surface area (Å²) in [7, 11) is 0. The molecule has 4 atom stereocenters. The standard InChI is InChI=1S/C13H14BrNO2S/c1-7-9(14)4-10(18-7)12(16)13(6-15)5-8-2-3-11(13)17-8/h4,8,11-12,16H,2-3,5H2,1H3. The van der Waals surface area contributed by atoms with Crippen LogP contribution in [0.4, 0.5) is 0 Å². The first-order valence-corrected chi connectivity index (χ1v) is 7.68. The topological polar surface area (TPSA) is 53.2 Å². The van der Waals surface area contributed by atoms with Gasteiger partial charge in [0.15, 0.2) is 0 Å². The molecule has 5 heteroatoms. The van der Waals surface area contributed by atoms with Crippen LogP contribution in [0.5, 0.6) is 0 Å².